The van der Waals surface area contributed by atoms with Gasteiger partial charge in [-0.05, 0) is 31.0 Å². The molecule has 0 bridgehead atoms. The Morgan fingerprint density at radius 1 is 1.33 bits per heavy atom. The van der Waals surface area contributed by atoms with Crippen LogP contribution < -0.4 is 15.4 Å². The number of para-hydroxylation sites is 1. The maximum Gasteiger partial charge on any atom is 0.234 e. The highest BCUT2D eigenvalue weighted by atomic mass is 16.5. The largest absolute Gasteiger partial charge is 0.496 e. The Morgan fingerprint density at radius 3 is 2.76 bits per heavy atom. The maximum atomic E-state index is 12.1. The number of likely N-dealkylation sites (tertiary alicyclic amines) is 1. The molecule has 1 aromatic rings. The minimum absolute atomic E-state index is 0.0915. The summed E-state index contributed by atoms with van der Waals surface area (Å²) in [7, 11) is 1.65. The molecule has 2 saturated heterocycles. The van der Waals surface area contributed by atoms with Gasteiger partial charge >= 0.3 is 0 Å². The molecule has 1 amide bonds. The van der Waals surface area contributed by atoms with Crippen LogP contribution in [0.15, 0.2) is 24.3 Å². The van der Waals surface area contributed by atoms with Crippen molar-refractivity contribution in [3.63, 3.8) is 0 Å². The van der Waals surface area contributed by atoms with Crippen molar-refractivity contribution in [1.82, 2.24) is 15.5 Å². The van der Waals surface area contributed by atoms with Gasteiger partial charge in [-0.15, -0.1) is 0 Å². The molecule has 0 aromatic heterocycles. The van der Waals surface area contributed by atoms with Crippen molar-refractivity contribution in [3.8, 4) is 5.75 Å². The van der Waals surface area contributed by atoms with Crippen molar-refractivity contribution >= 4 is 5.91 Å². The lowest BCUT2D eigenvalue weighted by Gasteiger charge is -2.16. The first-order valence-corrected chi connectivity index (χ1v) is 7.58. The van der Waals surface area contributed by atoms with E-state index in [2.05, 4.69) is 15.5 Å². The average molecular weight is 289 g/mol. The van der Waals surface area contributed by atoms with Crippen LogP contribution >= 0.6 is 0 Å². The predicted molar refractivity (Wildman–Crippen MR) is 81.1 cm³/mol. The number of carbonyl (C=O) groups excluding carboxylic acids is 1. The molecule has 2 atom stereocenters. The Labute approximate surface area is 125 Å². The number of methoxy groups -OCH3 is 1. The zero-order valence-electron chi connectivity index (χ0n) is 12.5. The van der Waals surface area contributed by atoms with E-state index < -0.39 is 0 Å². The van der Waals surface area contributed by atoms with E-state index in [9.17, 15) is 4.79 Å². The van der Waals surface area contributed by atoms with Crippen molar-refractivity contribution in [2.24, 2.45) is 11.8 Å². The first kappa shape index (κ1) is 14.4. The van der Waals surface area contributed by atoms with Crippen LogP contribution in [0.1, 0.15) is 5.56 Å². The third-order valence-electron chi connectivity index (χ3n) is 4.50. The molecular weight excluding hydrogens is 266 g/mol. The van der Waals surface area contributed by atoms with Crippen LogP contribution in [0, 0.1) is 11.8 Å². The Balaban J connectivity index is 1.46. The van der Waals surface area contributed by atoms with Crippen molar-refractivity contribution in [1.29, 1.82) is 0 Å². The summed E-state index contributed by atoms with van der Waals surface area (Å²) in [6, 6.07) is 7.78. The first-order valence-electron chi connectivity index (χ1n) is 7.58. The van der Waals surface area contributed by atoms with Crippen molar-refractivity contribution in [2.45, 2.75) is 6.54 Å². The van der Waals surface area contributed by atoms with E-state index in [0.29, 0.717) is 13.1 Å². The van der Waals surface area contributed by atoms with Crippen LogP contribution in [-0.4, -0.2) is 50.6 Å². The molecular formula is C16H23N3O2. The zero-order chi connectivity index (χ0) is 14.7. The summed E-state index contributed by atoms with van der Waals surface area (Å²) in [6.45, 7) is 5.31. The molecule has 0 aliphatic carbocycles. The highest BCUT2D eigenvalue weighted by molar-refractivity contribution is 5.78. The van der Waals surface area contributed by atoms with E-state index in [1.54, 1.807) is 7.11 Å². The van der Waals surface area contributed by atoms with Gasteiger partial charge in [0.1, 0.15) is 5.75 Å². The molecule has 0 radical (unpaired) electrons. The number of hydrogen-bond acceptors (Lipinski definition) is 4. The lowest BCUT2D eigenvalue weighted by molar-refractivity contribution is -0.122. The fraction of sp³-hybridized carbons (Fsp3) is 0.562. The van der Waals surface area contributed by atoms with Crippen molar-refractivity contribution in [2.75, 3.05) is 39.8 Å². The number of benzene rings is 1. The molecule has 2 aliphatic heterocycles. The Kier molecular flexibility index (Phi) is 4.41. The van der Waals surface area contributed by atoms with E-state index >= 15 is 0 Å². The molecule has 2 aliphatic rings. The summed E-state index contributed by atoms with van der Waals surface area (Å²) in [4.78, 5) is 14.4. The molecule has 114 valence electrons. The lowest BCUT2D eigenvalue weighted by Crippen LogP contribution is -2.37. The quantitative estimate of drug-likeness (QED) is 0.827. The number of ether oxygens (including phenoxy) is 1. The fourth-order valence-corrected chi connectivity index (χ4v) is 3.38. The molecule has 0 saturated carbocycles. The van der Waals surface area contributed by atoms with E-state index in [1.165, 1.54) is 0 Å². The molecule has 2 heterocycles. The number of rotatable bonds is 5. The van der Waals surface area contributed by atoms with Gasteiger partial charge in [0.15, 0.2) is 0 Å². The number of nitrogens with one attached hydrogen (secondary N) is 2. The number of hydrogen-bond donors (Lipinski definition) is 2. The molecule has 5 heteroatoms. The summed E-state index contributed by atoms with van der Waals surface area (Å²) in [5, 5.41) is 6.41. The number of nitrogens with zero attached hydrogens (tertiary/aromatic N) is 1. The van der Waals surface area contributed by atoms with Crippen molar-refractivity contribution in [3.05, 3.63) is 29.8 Å². The van der Waals surface area contributed by atoms with E-state index in [-0.39, 0.29) is 5.91 Å². The molecule has 2 unspecified atom stereocenters. The molecule has 1 aromatic carbocycles. The average Bonchev–Trinajstić information content (AvgIpc) is 3.06. The second-order valence-electron chi connectivity index (χ2n) is 5.96. The minimum Gasteiger partial charge on any atom is -0.496 e. The Bertz CT molecular complexity index is 494. The van der Waals surface area contributed by atoms with Gasteiger partial charge in [0, 0.05) is 25.2 Å². The summed E-state index contributed by atoms with van der Waals surface area (Å²) in [5.41, 5.74) is 1.01. The summed E-state index contributed by atoms with van der Waals surface area (Å²) in [6.07, 6.45) is 0. The summed E-state index contributed by atoms with van der Waals surface area (Å²) >= 11 is 0. The van der Waals surface area contributed by atoms with E-state index in [4.69, 9.17) is 4.74 Å². The summed E-state index contributed by atoms with van der Waals surface area (Å²) in [5.74, 6) is 2.37. The molecule has 0 spiro atoms. The van der Waals surface area contributed by atoms with Gasteiger partial charge in [0.2, 0.25) is 5.91 Å². The topological polar surface area (TPSA) is 53.6 Å². The van der Waals surface area contributed by atoms with Crippen LogP contribution in [0.4, 0.5) is 0 Å². The molecule has 21 heavy (non-hydrogen) atoms. The van der Waals surface area contributed by atoms with Crippen LogP contribution in [0.3, 0.4) is 0 Å². The van der Waals surface area contributed by atoms with Crippen LogP contribution in [0.2, 0.25) is 0 Å². The number of fused-ring (bicyclic) bond motifs is 1. The van der Waals surface area contributed by atoms with Gasteiger partial charge in [0.05, 0.1) is 13.7 Å². The standard InChI is InChI=1S/C16H23N3O2/c1-21-15-5-3-2-4-12(15)8-18-16(20)11-19-9-13-6-17-7-14(13)10-19/h2-5,13-14,17H,6-11H2,1H3,(H,18,20). The highest BCUT2D eigenvalue weighted by Crippen LogP contribution is 2.25. The normalized spacial score (nSPS) is 24.8. The Morgan fingerprint density at radius 2 is 2.05 bits per heavy atom. The Hall–Kier alpha value is -1.59. The monoisotopic (exact) mass is 289 g/mol. The van der Waals surface area contributed by atoms with E-state index in [1.807, 2.05) is 24.3 Å². The fourth-order valence-electron chi connectivity index (χ4n) is 3.38. The van der Waals surface area contributed by atoms with E-state index in [0.717, 1.165) is 49.3 Å². The number of amides is 1. The molecule has 3 rings (SSSR count). The zero-order valence-corrected chi connectivity index (χ0v) is 12.5. The lowest BCUT2D eigenvalue weighted by atomic mass is 10.0. The van der Waals surface area contributed by atoms with Crippen LogP contribution in [0.25, 0.3) is 0 Å². The number of carbonyl (C=O) groups is 1. The third kappa shape index (κ3) is 3.36. The second-order valence-corrected chi connectivity index (χ2v) is 5.96. The molecule has 5 nitrogen and oxygen atoms in total. The van der Waals surface area contributed by atoms with Crippen molar-refractivity contribution < 1.29 is 9.53 Å². The molecule has 2 fully saturated rings. The SMILES string of the molecule is COc1ccccc1CNC(=O)CN1CC2CNCC2C1. The van der Waals surface area contributed by atoms with Gasteiger partial charge in [0.25, 0.3) is 0 Å². The van der Waals surface area contributed by atoms with Gasteiger partial charge in [-0.2, -0.15) is 0 Å². The maximum absolute atomic E-state index is 12.1. The first-order chi connectivity index (χ1) is 10.3. The minimum atomic E-state index is 0.0915. The van der Waals surface area contributed by atoms with Crippen LogP contribution in [-0.2, 0) is 11.3 Å². The third-order valence-corrected chi connectivity index (χ3v) is 4.50. The summed E-state index contributed by atoms with van der Waals surface area (Å²) < 4.78 is 5.29. The second kappa shape index (κ2) is 6.45. The smallest absolute Gasteiger partial charge is 0.234 e. The predicted octanol–water partition coefficient (Wildman–Crippen LogP) is 0.463. The molecule has 2 N–H and O–H groups in total. The highest BCUT2D eigenvalue weighted by Gasteiger charge is 2.36. The van der Waals surface area contributed by atoms with Gasteiger partial charge in [-0.3, -0.25) is 9.69 Å². The van der Waals surface area contributed by atoms with Gasteiger partial charge in [-0.25, -0.2) is 0 Å². The van der Waals surface area contributed by atoms with Crippen LogP contribution in [0.5, 0.6) is 5.75 Å². The van der Waals surface area contributed by atoms with Gasteiger partial charge < -0.3 is 15.4 Å². The van der Waals surface area contributed by atoms with Gasteiger partial charge in [-0.1, -0.05) is 18.2 Å².